The minimum absolute atomic E-state index is 1.13. The molecule has 0 spiro atoms. The molecule has 9 aromatic rings. The molecule has 3 heteroatoms. The van der Waals surface area contributed by atoms with Crippen molar-refractivity contribution in [2.75, 3.05) is 4.90 Å². The third-order valence-corrected chi connectivity index (χ3v) is 9.69. The summed E-state index contributed by atoms with van der Waals surface area (Å²) in [5.74, 6) is 0. The van der Waals surface area contributed by atoms with Gasteiger partial charge in [-0.15, -0.1) is 11.3 Å². The van der Waals surface area contributed by atoms with Gasteiger partial charge in [0.15, 0.2) is 0 Å². The van der Waals surface area contributed by atoms with Crippen molar-refractivity contribution in [2.45, 2.75) is 0 Å². The van der Waals surface area contributed by atoms with Crippen LogP contribution in [0.25, 0.3) is 58.4 Å². The highest BCUT2D eigenvalue weighted by molar-refractivity contribution is 7.25. The Morgan fingerprint density at radius 2 is 1.19 bits per heavy atom. The predicted octanol–water partition coefficient (Wildman–Crippen LogP) is 11.8. The van der Waals surface area contributed by atoms with E-state index in [-0.39, 0.29) is 0 Å². The molecule has 0 saturated heterocycles. The molecule has 0 unspecified atom stereocenters. The van der Waals surface area contributed by atoms with Crippen LogP contribution >= 0.6 is 11.3 Å². The van der Waals surface area contributed by atoms with E-state index in [1.165, 1.54) is 52.8 Å². The zero-order valence-corrected chi connectivity index (χ0v) is 24.1. The molecule has 43 heavy (non-hydrogen) atoms. The summed E-state index contributed by atoms with van der Waals surface area (Å²) in [5.41, 5.74) is 7.04. The molecule has 0 amide bonds. The first kappa shape index (κ1) is 24.2. The smallest absolute Gasteiger partial charge is 0.0640 e. The van der Waals surface area contributed by atoms with Crippen LogP contribution in [-0.2, 0) is 0 Å². The lowest BCUT2D eigenvalue weighted by atomic mass is 10.0. The molecule has 0 radical (unpaired) electrons. The van der Waals surface area contributed by atoms with Crippen molar-refractivity contribution >= 4 is 81.1 Å². The fraction of sp³-hybridized carbons (Fsp3) is 0. The summed E-state index contributed by atoms with van der Waals surface area (Å²) in [7, 11) is 0. The van der Waals surface area contributed by atoms with Gasteiger partial charge in [-0.2, -0.15) is 0 Å². The van der Waals surface area contributed by atoms with Crippen LogP contribution in [0.3, 0.4) is 0 Å². The van der Waals surface area contributed by atoms with E-state index in [1.807, 2.05) is 11.3 Å². The van der Waals surface area contributed by atoms with Gasteiger partial charge in [-0.25, -0.2) is 0 Å². The fourth-order valence-electron chi connectivity index (χ4n) is 6.70. The van der Waals surface area contributed by atoms with Gasteiger partial charge in [0.2, 0.25) is 0 Å². The van der Waals surface area contributed by atoms with E-state index in [2.05, 4.69) is 167 Å². The SMILES string of the molecule is c1ccc(N(c2ccc3sc4ccccc4c3c2)c2cccc3ccc4c5ccccc5n(-c5ccccc5)c4c23)cc1. The largest absolute Gasteiger partial charge is 0.310 e. The van der Waals surface area contributed by atoms with Gasteiger partial charge in [0.1, 0.15) is 0 Å². The highest BCUT2D eigenvalue weighted by Crippen LogP contribution is 2.46. The molecule has 0 aliphatic heterocycles. The topological polar surface area (TPSA) is 8.17 Å². The second-order valence-corrected chi connectivity index (χ2v) is 12.1. The summed E-state index contributed by atoms with van der Waals surface area (Å²) < 4.78 is 5.07. The maximum atomic E-state index is 2.44. The lowest BCUT2D eigenvalue weighted by Crippen LogP contribution is -2.10. The Bertz CT molecular complexity index is 2450. The van der Waals surface area contributed by atoms with Crippen LogP contribution in [0.15, 0.2) is 158 Å². The number of hydrogen-bond acceptors (Lipinski definition) is 2. The van der Waals surface area contributed by atoms with E-state index in [4.69, 9.17) is 0 Å². The summed E-state index contributed by atoms with van der Waals surface area (Å²) in [4.78, 5) is 2.43. The number of aromatic nitrogens is 1. The maximum absolute atomic E-state index is 2.44. The first-order valence-corrected chi connectivity index (χ1v) is 15.4. The molecule has 2 nitrogen and oxygen atoms in total. The number of rotatable bonds is 4. The van der Waals surface area contributed by atoms with Gasteiger partial charge >= 0.3 is 0 Å². The van der Waals surface area contributed by atoms with Crippen LogP contribution in [0.5, 0.6) is 0 Å². The van der Waals surface area contributed by atoms with Crippen LogP contribution in [0.2, 0.25) is 0 Å². The Morgan fingerprint density at radius 1 is 0.465 bits per heavy atom. The average molecular weight is 567 g/mol. The summed E-state index contributed by atoms with van der Waals surface area (Å²) in [6.45, 7) is 0. The zero-order valence-electron chi connectivity index (χ0n) is 23.3. The van der Waals surface area contributed by atoms with Crippen molar-refractivity contribution in [2.24, 2.45) is 0 Å². The second kappa shape index (κ2) is 9.59. The van der Waals surface area contributed by atoms with Crippen LogP contribution in [-0.4, -0.2) is 4.57 Å². The average Bonchev–Trinajstić information content (AvgIpc) is 3.61. The van der Waals surface area contributed by atoms with Crippen LogP contribution in [0.4, 0.5) is 17.1 Å². The van der Waals surface area contributed by atoms with Gasteiger partial charge in [0.25, 0.3) is 0 Å². The monoisotopic (exact) mass is 566 g/mol. The molecule has 0 aliphatic carbocycles. The Labute approximate surface area is 253 Å². The summed E-state index contributed by atoms with van der Waals surface area (Å²) in [6.07, 6.45) is 0. The van der Waals surface area contributed by atoms with Crippen molar-refractivity contribution < 1.29 is 0 Å². The number of hydrogen-bond donors (Lipinski definition) is 0. The number of nitrogens with zero attached hydrogens (tertiary/aromatic N) is 2. The van der Waals surface area contributed by atoms with E-state index in [1.54, 1.807) is 0 Å². The molecule has 0 aliphatic rings. The first-order valence-electron chi connectivity index (χ1n) is 14.6. The first-order chi connectivity index (χ1) is 21.3. The Kier molecular flexibility index (Phi) is 5.40. The summed E-state index contributed by atoms with van der Waals surface area (Å²) in [6, 6.07) is 57.2. The Hall–Kier alpha value is -5.38. The number of thiophene rings is 1. The molecule has 0 fully saturated rings. The minimum Gasteiger partial charge on any atom is -0.310 e. The molecule has 9 rings (SSSR count). The minimum atomic E-state index is 1.13. The lowest BCUT2D eigenvalue weighted by Gasteiger charge is -2.27. The van der Waals surface area contributed by atoms with Crippen LogP contribution < -0.4 is 4.90 Å². The van der Waals surface area contributed by atoms with E-state index in [0.29, 0.717) is 0 Å². The van der Waals surface area contributed by atoms with Gasteiger partial charge in [-0.3, -0.25) is 0 Å². The highest BCUT2D eigenvalue weighted by Gasteiger charge is 2.21. The third kappa shape index (κ3) is 3.72. The molecule has 7 aromatic carbocycles. The van der Waals surface area contributed by atoms with Crippen LogP contribution in [0, 0.1) is 0 Å². The fourth-order valence-corrected chi connectivity index (χ4v) is 7.78. The number of fused-ring (bicyclic) bond motifs is 8. The molecular weight excluding hydrogens is 541 g/mol. The molecular formula is C40H26N2S. The number of benzene rings is 7. The number of anilines is 3. The molecule has 0 atom stereocenters. The Morgan fingerprint density at radius 3 is 2.05 bits per heavy atom. The highest BCUT2D eigenvalue weighted by atomic mass is 32.1. The normalized spacial score (nSPS) is 11.7. The third-order valence-electron chi connectivity index (χ3n) is 8.54. The summed E-state index contributed by atoms with van der Waals surface area (Å²) in [5, 5.41) is 7.57. The van der Waals surface area contributed by atoms with Crippen molar-refractivity contribution in [1.82, 2.24) is 4.57 Å². The van der Waals surface area contributed by atoms with E-state index < -0.39 is 0 Å². The zero-order chi connectivity index (χ0) is 28.3. The van der Waals surface area contributed by atoms with E-state index >= 15 is 0 Å². The molecule has 2 heterocycles. The lowest BCUT2D eigenvalue weighted by molar-refractivity contribution is 1.18. The van der Waals surface area contributed by atoms with Crippen molar-refractivity contribution in [3.8, 4) is 5.69 Å². The van der Waals surface area contributed by atoms with Crippen molar-refractivity contribution in [3.63, 3.8) is 0 Å². The maximum Gasteiger partial charge on any atom is 0.0640 e. The Balaban J connectivity index is 1.42. The van der Waals surface area contributed by atoms with Gasteiger partial charge in [0.05, 0.1) is 16.7 Å². The molecule has 0 bridgehead atoms. The predicted molar refractivity (Wildman–Crippen MR) is 186 cm³/mol. The molecule has 0 N–H and O–H groups in total. The van der Waals surface area contributed by atoms with Gasteiger partial charge in [-0.1, -0.05) is 97.1 Å². The van der Waals surface area contributed by atoms with Gasteiger partial charge in [0, 0.05) is 53.4 Å². The molecule has 0 saturated carbocycles. The van der Waals surface area contributed by atoms with Crippen molar-refractivity contribution in [3.05, 3.63) is 158 Å². The molecule has 202 valence electrons. The summed E-state index contributed by atoms with van der Waals surface area (Å²) >= 11 is 1.86. The number of para-hydroxylation sites is 3. The van der Waals surface area contributed by atoms with E-state index in [0.717, 1.165) is 22.7 Å². The quantitative estimate of drug-likeness (QED) is 0.206. The van der Waals surface area contributed by atoms with E-state index in [9.17, 15) is 0 Å². The van der Waals surface area contributed by atoms with Gasteiger partial charge in [-0.05, 0) is 66.0 Å². The second-order valence-electron chi connectivity index (χ2n) is 11.0. The van der Waals surface area contributed by atoms with Crippen molar-refractivity contribution in [1.29, 1.82) is 0 Å². The van der Waals surface area contributed by atoms with Crippen LogP contribution in [0.1, 0.15) is 0 Å². The molecule has 2 aromatic heterocycles. The standard InChI is InChI=1S/C40H26N2S/c1-3-13-28(14-4-1)41(30-23-25-38-34(26-30)32-18-8-10-21-37(32)43-38)36-20-11-12-27-22-24-33-31-17-7-9-19-35(31)42(40(33)39(27)36)29-15-5-2-6-16-29/h1-26H. The van der Waals surface area contributed by atoms with Gasteiger partial charge < -0.3 is 9.47 Å².